The van der Waals surface area contributed by atoms with Crippen LogP contribution in [0, 0.1) is 34.0 Å². The van der Waals surface area contributed by atoms with Gasteiger partial charge in [-0.05, 0) is 78.9 Å². The van der Waals surface area contributed by atoms with Crippen LogP contribution in [0.2, 0.25) is 15.1 Å². The molecule has 4 aliphatic rings. The fraction of sp³-hybridized carbons (Fsp3) is 0.409. The number of aliphatic imine (C=N–C) groups is 1. The van der Waals surface area contributed by atoms with E-state index >= 15 is 0 Å². The highest BCUT2D eigenvalue weighted by atomic mass is 35.5. The molecule has 60 heavy (non-hydrogen) atoms. The summed E-state index contributed by atoms with van der Waals surface area (Å²) in [6.07, 6.45) is 7.55. The summed E-state index contributed by atoms with van der Waals surface area (Å²) in [6.45, 7) is 6.90. The number of hydrogen-bond acceptors (Lipinski definition) is 10. The Balaban J connectivity index is 0.000000180. The summed E-state index contributed by atoms with van der Waals surface area (Å²) in [7, 11) is 0. The zero-order valence-corrected chi connectivity index (χ0v) is 36.1. The molecule has 1 fully saturated rings. The fourth-order valence-electron chi connectivity index (χ4n) is 6.35. The molecule has 0 aromatic heterocycles. The lowest BCUT2D eigenvalue weighted by atomic mass is 9.94. The van der Waals surface area contributed by atoms with Gasteiger partial charge in [0.15, 0.2) is 13.1 Å². The van der Waals surface area contributed by atoms with E-state index in [2.05, 4.69) is 17.1 Å². The Morgan fingerprint density at radius 3 is 1.78 bits per heavy atom. The summed E-state index contributed by atoms with van der Waals surface area (Å²) >= 11 is 24.1. The van der Waals surface area contributed by atoms with Crippen LogP contribution in [-0.2, 0) is 28.5 Å². The summed E-state index contributed by atoms with van der Waals surface area (Å²) < 4.78 is 24.6. The number of rotatable bonds is 5. The van der Waals surface area contributed by atoms with E-state index in [4.69, 9.17) is 81.1 Å². The molecule has 0 bridgehead atoms. The number of nitriles is 3. The average molecular weight is 897 g/mol. The molecule has 12 nitrogen and oxygen atoms in total. The first kappa shape index (κ1) is 48.1. The molecule has 1 unspecified atom stereocenters. The molecule has 0 N–H and O–H groups in total. The molecular formula is C44H46Cl4N6O6+2. The van der Waals surface area contributed by atoms with Gasteiger partial charge in [-0.3, -0.25) is 4.99 Å². The van der Waals surface area contributed by atoms with E-state index in [1.54, 1.807) is 41.0 Å². The van der Waals surface area contributed by atoms with Crippen molar-refractivity contribution in [2.75, 3.05) is 72.5 Å². The maximum atomic E-state index is 11.1. The number of halogens is 4. The summed E-state index contributed by atoms with van der Waals surface area (Å²) in [4.78, 5) is 25.8. The maximum Gasteiger partial charge on any atom is 0.376 e. The van der Waals surface area contributed by atoms with Crippen LogP contribution in [0.1, 0.15) is 77.8 Å². The van der Waals surface area contributed by atoms with E-state index in [9.17, 15) is 9.59 Å². The molecule has 0 radical (unpaired) electrons. The molecule has 2 amide bonds. The number of benzene rings is 3. The Hall–Kier alpha value is -4.52. The molecule has 16 heteroatoms. The minimum absolute atomic E-state index is 0.352. The predicted molar refractivity (Wildman–Crippen MR) is 231 cm³/mol. The van der Waals surface area contributed by atoms with Crippen molar-refractivity contribution < 1.29 is 37.7 Å². The summed E-state index contributed by atoms with van der Waals surface area (Å²) in [6, 6.07) is 22.0. The van der Waals surface area contributed by atoms with E-state index in [0.29, 0.717) is 89.0 Å². The van der Waals surface area contributed by atoms with Gasteiger partial charge in [0.05, 0.1) is 82.6 Å². The molecule has 0 aliphatic carbocycles. The monoisotopic (exact) mass is 894 g/mol. The number of carbonyl (C=O) groups is 2. The van der Waals surface area contributed by atoms with E-state index in [-0.39, 0.29) is 0 Å². The van der Waals surface area contributed by atoms with Gasteiger partial charge < -0.3 is 18.9 Å². The van der Waals surface area contributed by atoms with Crippen LogP contribution in [0.25, 0.3) is 0 Å². The van der Waals surface area contributed by atoms with Crippen molar-refractivity contribution in [3.05, 3.63) is 103 Å². The Morgan fingerprint density at radius 2 is 1.17 bits per heavy atom. The van der Waals surface area contributed by atoms with E-state index in [0.717, 1.165) is 99.4 Å². The third-order valence-corrected chi connectivity index (χ3v) is 10.8. The number of amides is 2. The van der Waals surface area contributed by atoms with Gasteiger partial charge in [0.25, 0.3) is 5.17 Å². The Labute approximate surface area is 370 Å². The van der Waals surface area contributed by atoms with Crippen molar-refractivity contribution in [2.45, 2.75) is 44.4 Å². The second-order valence-corrected chi connectivity index (χ2v) is 15.4. The van der Waals surface area contributed by atoms with Crippen LogP contribution in [0.5, 0.6) is 0 Å². The van der Waals surface area contributed by atoms with Gasteiger partial charge in [-0.1, -0.05) is 53.4 Å². The number of carbonyl (C=O) groups excluding carboxylic acids is 2. The molecule has 4 aliphatic heterocycles. The number of nitrogens with zero attached hydrogens (tertiary/aromatic N) is 6. The maximum absolute atomic E-state index is 11.1. The van der Waals surface area contributed by atoms with Crippen LogP contribution in [0.3, 0.4) is 0 Å². The largest absolute Gasteiger partial charge is 0.381 e. The van der Waals surface area contributed by atoms with Crippen LogP contribution in [0.4, 0.5) is 0 Å². The number of hydrogen-bond donors (Lipinski definition) is 0. The summed E-state index contributed by atoms with van der Waals surface area (Å²) in [5.41, 5.74) is 6.00. The summed E-state index contributed by atoms with van der Waals surface area (Å²) in [5, 5.41) is 28.5. The Morgan fingerprint density at radius 1 is 0.617 bits per heavy atom. The zero-order chi connectivity index (χ0) is 43.1. The molecule has 0 saturated carbocycles. The second kappa shape index (κ2) is 26.6. The molecule has 1 saturated heterocycles. The lowest BCUT2D eigenvalue weighted by molar-refractivity contribution is -0.432. The van der Waals surface area contributed by atoms with Gasteiger partial charge in [-0.25, -0.2) is 9.59 Å². The first-order chi connectivity index (χ1) is 29.2. The molecule has 0 spiro atoms. The highest BCUT2D eigenvalue weighted by molar-refractivity contribution is 6.64. The van der Waals surface area contributed by atoms with Crippen LogP contribution in [-0.4, -0.2) is 111 Å². The quantitative estimate of drug-likeness (QED) is 0.185. The molecule has 4 heterocycles. The Bertz CT molecular complexity index is 2170. The van der Waals surface area contributed by atoms with Crippen LogP contribution in [0.15, 0.2) is 59.6 Å². The van der Waals surface area contributed by atoms with E-state index in [1.807, 2.05) is 24.3 Å². The fourth-order valence-corrected chi connectivity index (χ4v) is 7.47. The highest BCUT2D eigenvalue weighted by Gasteiger charge is 2.23. The molecule has 3 aromatic carbocycles. The first-order valence-electron chi connectivity index (χ1n) is 19.5. The topological polar surface area (TPSA) is 161 Å². The molecular weight excluding hydrogens is 850 g/mol. The van der Waals surface area contributed by atoms with Crippen LogP contribution >= 0.6 is 46.4 Å². The minimum atomic E-state index is 0.352. The predicted octanol–water partition coefficient (Wildman–Crippen LogP) is 7.72. The number of ether oxygens (including phenoxy) is 4. The third kappa shape index (κ3) is 15.2. The third-order valence-electron chi connectivity index (χ3n) is 9.53. The lowest BCUT2D eigenvalue weighted by Gasteiger charge is -2.15. The minimum Gasteiger partial charge on any atom is -0.381 e. The SMILES string of the molecule is N#Cc1ccc(C2=NCCCOC2)c(Cl)c1.N#Cc1ccc(C2=[N+](C=O)CCCOC2)c(Cl)c1.N#Cc1ccc(C2CCCCOC2)c(Cl)c1.O=C[N+]1=C(Cl)COCCC1. The molecule has 7 rings (SSSR count). The van der Waals surface area contributed by atoms with E-state index in [1.165, 1.54) is 11.0 Å². The van der Waals surface area contributed by atoms with Gasteiger partial charge in [-0.15, -0.1) is 0 Å². The van der Waals surface area contributed by atoms with E-state index < -0.39 is 0 Å². The van der Waals surface area contributed by atoms with Crippen molar-refractivity contribution in [3.8, 4) is 18.2 Å². The molecule has 3 aromatic rings. The normalized spacial score (nSPS) is 18.1. The zero-order valence-electron chi connectivity index (χ0n) is 33.1. The van der Waals surface area contributed by atoms with Gasteiger partial charge in [-0.2, -0.15) is 24.9 Å². The van der Waals surface area contributed by atoms with Gasteiger partial charge >= 0.3 is 12.8 Å². The van der Waals surface area contributed by atoms with Crippen molar-refractivity contribution in [1.29, 1.82) is 15.8 Å². The van der Waals surface area contributed by atoms with Gasteiger partial charge in [0.1, 0.15) is 13.2 Å². The average Bonchev–Trinajstić information content (AvgIpc) is 3.87. The van der Waals surface area contributed by atoms with Crippen molar-refractivity contribution in [3.63, 3.8) is 0 Å². The van der Waals surface area contributed by atoms with Gasteiger partial charge in [0, 0.05) is 49.1 Å². The smallest absolute Gasteiger partial charge is 0.376 e. The lowest BCUT2D eigenvalue weighted by Crippen LogP contribution is -2.24. The standard InChI is InChI=1S/C13H12ClN2O2.C13H14ClNO.C12H11ClN2O.C6H9ClNO2/c14-12-6-10(7-15)2-3-11(12)13-8-18-5-1-4-16(13)9-17;14-13-7-10(8-15)4-5-12(13)11-3-1-2-6-16-9-11;13-11-6-9(7-14)2-3-10(11)12-8-16-5-1-4-15-12;7-6-4-10-3-1-2-8(6)5-9/h2-3,6,9H,1,4-5,8H2;4-5,7,11H,1-3,6,9H2;2-3,6H,1,4-5,8H2;5H,1-4H2/q+1;;;+1. The second-order valence-electron chi connectivity index (χ2n) is 13.7. The Kier molecular flexibility index (Phi) is 21.4. The van der Waals surface area contributed by atoms with Crippen molar-refractivity contribution in [2.24, 2.45) is 4.99 Å². The molecule has 314 valence electrons. The first-order valence-corrected chi connectivity index (χ1v) is 21.0. The van der Waals surface area contributed by atoms with Gasteiger partial charge in [0.2, 0.25) is 5.71 Å². The summed E-state index contributed by atoms with van der Waals surface area (Å²) in [5.74, 6) is 0.378. The highest BCUT2D eigenvalue weighted by Crippen LogP contribution is 2.31. The van der Waals surface area contributed by atoms with Crippen molar-refractivity contribution in [1.82, 2.24) is 0 Å². The van der Waals surface area contributed by atoms with Crippen LogP contribution < -0.4 is 0 Å². The van der Waals surface area contributed by atoms with Crippen molar-refractivity contribution >= 4 is 75.8 Å². The molecule has 1 atom stereocenters.